The smallest absolute Gasteiger partial charge is 0.0580 e. The van der Waals surface area contributed by atoms with Crippen LogP contribution in [0.4, 0.5) is 0 Å². The molecule has 0 heterocycles. The van der Waals surface area contributed by atoms with Gasteiger partial charge in [0.25, 0.3) is 0 Å². The van der Waals surface area contributed by atoms with Gasteiger partial charge in [0, 0.05) is 17.3 Å². The Morgan fingerprint density at radius 2 is 1.70 bits per heavy atom. The second kappa shape index (κ2) is 6.49. The third-order valence-corrected chi connectivity index (χ3v) is 3.64. The molecule has 1 N–H and O–H groups in total. The molecule has 2 rings (SSSR count). The Morgan fingerprint density at radius 3 is 2.30 bits per heavy atom. The number of hydrazone groups is 1. The zero-order valence-corrected chi connectivity index (χ0v) is 13.1. The van der Waals surface area contributed by atoms with Crippen molar-refractivity contribution < 1.29 is 0 Å². The highest BCUT2D eigenvalue weighted by atomic mass is 35.5. The van der Waals surface area contributed by atoms with Gasteiger partial charge in [-0.15, -0.1) is 0 Å². The molecule has 0 bridgehead atoms. The summed E-state index contributed by atoms with van der Waals surface area (Å²) in [5.74, 6) is 0. The minimum atomic E-state index is 0.540. The molecule has 0 aliphatic heterocycles. The van der Waals surface area contributed by atoms with Crippen LogP contribution in [0.3, 0.4) is 0 Å². The highest BCUT2D eigenvalue weighted by Gasteiger charge is 2.11. The first-order chi connectivity index (χ1) is 9.51. The molecule has 0 amide bonds. The standard InChI is InChI=1S/C15H13Cl3N2/c1-9-3-13(17)15(14(18)4-9)11-5-10(8-20-19-2)6-12(16)7-11/h3-7,20H,2,8H2,1H3. The normalized spacial score (nSPS) is 10.4. The van der Waals surface area contributed by atoms with Crippen LogP contribution < -0.4 is 5.43 Å². The molecule has 0 aliphatic carbocycles. The maximum absolute atomic E-state index is 6.31. The molecular weight excluding hydrogens is 315 g/mol. The molecule has 2 nitrogen and oxygen atoms in total. The highest BCUT2D eigenvalue weighted by molar-refractivity contribution is 6.39. The van der Waals surface area contributed by atoms with Crippen LogP contribution in [0.5, 0.6) is 0 Å². The average Bonchev–Trinajstić information content (AvgIpc) is 2.34. The van der Waals surface area contributed by atoms with E-state index in [1.54, 1.807) is 0 Å². The maximum atomic E-state index is 6.31. The van der Waals surface area contributed by atoms with Crippen molar-refractivity contribution in [1.29, 1.82) is 0 Å². The Hall–Kier alpha value is -1.22. The molecule has 0 aromatic heterocycles. The Balaban J connectivity index is 2.52. The van der Waals surface area contributed by atoms with E-state index in [0.717, 1.165) is 22.3 Å². The Morgan fingerprint density at radius 1 is 1.05 bits per heavy atom. The zero-order valence-electron chi connectivity index (χ0n) is 10.9. The van der Waals surface area contributed by atoms with Crippen LogP contribution in [-0.4, -0.2) is 6.72 Å². The fourth-order valence-corrected chi connectivity index (χ4v) is 3.09. The monoisotopic (exact) mass is 326 g/mol. The molecule has 0 saturated carbocycles. The van der Waals surface area contributed by atoms with Crippen LogP contribution in [0, 0.1) is 6.92 Å². The van der Waals surface area contributed by atoms with Gasteiger partial charge in [0.2, 0.25) is 0 Å². The minimum Gasteiger partial charge on any atom is -0.306 e. The Bertz CT molecular complexity index is 631. The van der Waals surface area contributed by atoms with Crippen molar-refractivity contribution in [1.82, 2.24) is 5.43 Å². The molecule has 0 aliphatic rings. The number of benzene rings is 2. The lowest BCUT2D eigenvalue weighted by Gasteiger charge is -2.11. The number of hydrogen-bond donors (Lipinski definition) is 1. The van der Waals surface area contributed by atoms with Gasteiger partial charge in [-0.05, 0) is 53.9 Å². The lowest BCUT2D eigenvalue weighted by molar-refractivity contribution is 0.751. The van der Waals surface area contributed by atoms with E-state index in [-0.39, 0.29) is 0 Å². The van der Waals surface area contributed by atoms with Crippen LogP contribution in [0.25, 0.3) is 11.1 Å². The fraction of sp³-hybridized carbons (Fsp3) is 0.133. The molecular formula is C15H13Cl3N2. The van der Waals surface area contributed by atoms with Crippen molar-refractivity contribution in [3.63, 3.8) is 0 Å². The van der Waals surface area contributed by atoms with Crippen LogP contribution in [0.2, 0.25) is 15.1 Å². The number of rotatable bonds is 4. The van der Waals surface area contributed by atoms with Crippen molar-refractivity contribution in [2.45, 2.75) is 13.5 Å². The maximum Gasteiger partial charge on any atom is 0.0580 e. The Labute approximate surface area is 133 Å². The topological polar surface area (TPSA) is 24.4 Å². The van der Waals surface area contributed by atoms with Gasteiger partial charge in [-0.2, -0.15) is 5.10 Å². The van der Waals surface area contributed by atoms with Gasteiger partial charge in [-0.25, -0.2) is 0 Å². The molecule has 2 aromatic rings. The third-order valence-electron chi connectivity index (χ3n) is 2.83. The van der Waals surface area contributed by atoms with Gasteiger partial charge >= 0.3 is 0 Å². The van der Waals surface area contributed by atoms with E-state index in [1.807, 2.05) is 37.3 Å². The van der Waals surface area contributed by atoms with Gasteiger partial charge in [-0.1, -0.05) is 34.8 Å². The fourth-order valence-electron chi connectivity index (χ4n) is 2.02. The largest absolute Gasteiger partial charge is 0.306 e. The molecule has 104 valence electrons. The molecule has 0 unspecified atom stereocenters. The summed E-state index contributed by atoms with van der Waals surface area (Å²) in [6.07, 6.45) is 0. The van der Waals surface area contributed by atoms with Crippen LogP contribution in [0.15, 0.2) is 35.4 Å². The summed E-state index contributed by atoms with van der Waals surface area (Å²) in [5, 5.41) is 5.45. The number of nitrogens with zero attached hydrogens (tertiary/aromatic N) is 1. The van der Waals surface area contributed by atoms with Crippen molar-refractivity contribution in [3.05, 3.63) is 56.5 Å². The molecule has 0 fully saturated rings. The van der Waals surface area contributed by atoms with E-state index in [9.17, 15) is 0 Å². The van der Waals surface area contributed by atoms with Crippen molar-refractivity contribution in [2.75, 3.05) is 0 Å². The number of hydrogen-bond acceptors (Lipinski definition) is 2. The van der Waals surface area contributed by atoms with Gasteiger partial charge in [-0.3, -0.25) is 0 Å². The van der Waals surface area contributed by atoms with E-state index in [2.05, 4.69) is 17.2 Å². The molecule has 2 aromatic carbocycles. The highest BCUT2D eigenvalue weighted by Crippen LogP contribution is 2.37. The van der Waals surface area contributed by atoms with E-state index < -0.39 is 0 Å². The van der Waals surface area contributed by atoms with Crippen LogP contribution in [-0.2, 0) is 6.54 Å². The van der Waals surface area contributed by atoms with E-state index in [1.165, 1.54) is 0 Å². The predicted molar refractivity (Wildman–Crippen MR) is 88.0 cm³/mol. The Kier molecular flexibility index (Phi) is 4.92. The third kappa shape index (κ3) is 3.45. The molecule has 5 heteroatoms. The van der Waals surface area contributed by atoms with E-state index in [4.69, 9.17) is 34.8 Å². The average molecular weight is 328 g/mol. The SMILES string of the molecule is C=NNCc1cc(Cl)cc(-c2c(Cl)cc(C)cc2Cl)c1. The molecule has 0 atom stereocenters. The van der Waals surface area contributed by atoms with Gasteiger partial charge in [0.1, 0.15) is 0 Å². The summed E-state index contributed by atoms with van der Waals surface area (Å²) in [6, 6.07) is 9.44. The van der Waals surface area contributed by atoms with Crippen molar-refractivity contribution >= 4 is 41.5 Å². The van der Waals surface area contributed by atoms with Crippen molar-refractivity contribution in [3.8, 4) is 11.1 Å². The van der Waals surface area contributed by atoms with E-state index in [0.29, 0.717) is 21.6 Å². The van der Waals surface area contributed by atoms with Gasteiger partial charge < -0.3 is 5.43 Å². The molecule has 20 heavy (non-hydrogen) atoms. The summed E-state index contributed by atoms with van der Waals surface area (Å²) >= 11 is 18.8. The van der Waals surface area contributed by atoms with Crippen LogP contribution in [0.1, 0.15) is 11.1 Å². The summed E-state index contributed by atoms with van der Waals surface area (Å²) in [7, 11) is 0. The lowest BCUT2D eigenvalue weighted by atomic mass is 10.0. The predicted octanol–water partition coefficient (Wildman–Crippen LogP) is 5.33. The van der Waals surface area contributed by atoms with E-state index >= 15 is 0 Å². The second-order valence-corrected chi connectivity index (χ2v) is 5.70. The summed E-state index contributed by atoms with van der Waals surface area (Å²) in [6.45, 7) is 5.87. The second-order valence-electron chi connectivity index (χ2n) is 4.44. The summed E-state index contributed by atoms with van der Waals surface area (Å²) < 4.78 is 0. The quantitative estimate of drug-likeness (QED) is 0.596. The summed E-state index contributed by atoms with van der Waals surface area (Å²) in [4.78, 5) is 0. The summed E-state index contributed by atoms with van der Waals surface area (Å²) in [5.41, 5.74) is 6.46. The first kappa shape index (κ1) is 15.2. The number of nitrogens with one attached hydrogen (secondary N) is 1. The van der Waals surface area contributed by atoms with Crippen LogP contribution >= 0.6 is 34.8 Å². The molecule has 0 radical (unpaired) electrons. The lowest BCUT2D eigenvalue weighted by Crippen LogP contribution is -2.03. The van der Waals surface area contributed by atoms with Crippen molar-refractivity contribution in [2.24, 2.45) is 5.10 Å². The number of aryl methyl sites for hydroxylation is 1. The minimum absolute atomic E-state index is 0.540. The first-order valence-corrected chi connectivity index (χ1v) is 7.08. The molecule has 0 spiro atoms. The zero-order chi connectivity index (χ0) is 14.7. The first-order valence-electron chi connectivity index (χ1n) is 5.95. The van der Waals surface area contributed by atoms with Gasteiger partial charge in [0.15, 0.2) is 0 Å². The molecule has 0 saturated heterocycles. The number of halogens is 3. The van der Waals surface area contributed by atoms with Gasteiger partial charge in [0.05, 0.1) is 16.6 Å².